The van der Waals surface area contributed by atoms with E-state index in [2.05, 4.69) is 15.4 Å². The number of hydrogen-bond donors (Lipinski definition) is 2. The minimum Gasteiger partial charge on any atom is -0.481 e. The number of carbonyl (C=O) groups is 1. The normalized spacial score (nSPS) is 22.9. The number of carboxylic acids is 1. The molecule has 2 atom stereocenters. The van der Waals surface area contributed by atoms with Crippen molar-refractivity contribution in [2.75, 3.05) is 5.32 Å². The monoisotopic (exact) mass is 274 g/mol. The number of rotatable bonds is 3. The molecule has 1 aliphatic rings. The van der Waals surface area contributed by atoms with Crippen molar-refractivity contribution >= 4 is 17.4 Å². The maximum atomic E-state index is 11.4. The van der Waals surface area contributed by atoms with Crippen LogP contribution in [0.1, 0.15) is 31.2 Å². The summed E-state index contributed by atoms with van der Waals surface area (Å²) in [7, 11) is 0. The predicted octanol–water partition coefficient (Wildman–Crippen LogP) is 2.09. The third kappa shape index (κ3) is 2.33. The van der Waals surface area contributed by atoms with Crippen molar-refractivity contribution in [1.29, 1.82) is 0 Å². The molecule has 2 N–H and O–H groups in total. The lowest BCUT2D eigenvalue weighted by atomic mass is 9.84. The van der Waals surface area contributed by atoms with Gasteiger partial charge in [0.05, 0.1) is 5.92 Å². The summed E-state index contributed by atoms with van der Waals surface area (Å²) in [5.74, 6) is -0.233. The quantitative estimate of drug-likeness (QED) is 0.896. The molecule has 0 amide bonds. The molecule has 6 nitrogen and oxygen atoms in total. The summed E-state index contributed by atoms with van der Waals surface area (Å²) in [6, 6.07) is 3.89. The van der Waals surface area contributed by atoms with Gasteiger partial charge in [0.2, 0.25) is 0 Å². The van der Waals surface area contributed by atoms with Crippen LogP contribution in [0.3, 0.4) is 0 Å². The van der Waals surface area contributed by atoms with Crippen LogP contribution in [0.15, 0.2) is 18.5 Å². The first kappa shape index (κ1) is 12.9. The van der Waals surface area contributed by atoms with Crippen molar-refractivity contribution in [3.8, 4) is 0 Å². The fourth-order valence-corrected chi connectivity index (χ4v) is 2.95. The van der Waals surface area contributed by atoms with Gasteiger partial charge >= 0.3 is 5.97 Å². The zero-order valence-corrected chi connectivity index (χ0v) is 11.4. The van der Waals surface area contributed by atoms with Gasteiger partial charge < -0.3 is 10.4 Å². The van der Waals surface area contributed by atoms with Crippen LogP contribution in [0.25, 0.3) is 5.65 Å². The summed E-state index contributed by atoms with van der Waals surface area (Å²) < 4.78 is 1.72. The second-order valence-corrected chi connectivity index (χ2v) is 5.43. The number of aromatic nitrogens is 3. The smallest absolute Gasteiger partial charge is 0.308 e. The highest BCUT2D eigenvalue weighted by Crippen LogP contribution is 2.28. The Hall–Kier alpha value is -2.11. The van der Waals surface area contributed by atoms with E-state index in [1.807, 2.05) is 19.1 Å². The summed E-state index contributed by atoms with van der Waals surface area (Å²) in [5, 5.41) is 16.9. The van der Waals surface area contributed by atoms with E-state index in [-0.39, 0.29) is 12.0 Å². The lowest BCUT2D eigenvalue weighted by Crippen LogP contribution is -2.37. The number of hydrogen-bond acceptors (Lipinski definition) is 4. The number of aryl methyl sites for hydroxylation is 1. The summed E-state index contributed by atoms with van der Waals surface area (Å²) in [4.78, 5) is 15.5. The fraction of sp³-hybridized carbons (Fsp3) is 0.500. The molecule has 0 bridgehead atoms. The molecule has 0 aliphatic heterocycles. The highest BCUT2D eigenvalue weighted by atomic mass is 16.4. The topological polar surface area (TPSA) is 79.5 Å². The van der Waals surface area contributed by atoms with Crippen molar-refractivity contribution in [2.24, 2.45) is 5.92 Å². The minimum atomic E-state index is -0.718. The van der Waals surface area contributed by atoms with Gasteiger partial charge in [0, 0.05) is 6.04 Å². The Labute approximate surface area is 116 Å². The molecule has 1 saturated carbocycles. The molecular formula is C14H18N4O2. The summed E-state index contributed by atoms with van der Waals surface area (Å²) >= 11 is 0. The van der Waals surface area contributed by atoms with E-state index in [0.717, 1.165) is 42.7 Å². The Balaban J connectivity index is 1.91. The molecule has 2 aromatic rings. The molecule has 2 heterocycles. The zero-order valence-electron chi connectivity index (χ0n) is 11.4. The number of fused-ring (bicyclic) bond motifs is 1. The van der Waals surface area contributed by atoms with Gasteiger partial charge in [0.15, 0.2) is 5.65 Å². The van der Waals surface area contributed by atoms with Crippen LogP contribution in [-0.4, -0.2) is 31.7 Å². The van der Waals surface area contributed by atoms with Gasteiger partial charge in [-0.3, -0.25) is 4.79 Å². The van der Waals surface area contributed by atoms with Crippen LogP contribution in [-0.2, 0) is 4.79 Å². The SMILES string of the molecule is Cc1cc(NC2CCCCC2C(=O)O)n2ncnc2c1. The standard InChI is InChI=1S/C14H18N4O2/c1-9-6-12-15-8-16-18(12)13(7-9)17-11-5-3-2-4-10(11)14(19)20/h6-8,10-11,17H,2-5H2,1H3,(H,19,20). The molecule has 20 heavy (non-hydrogen) atoms. The Morgan fingerprint density at radius 2 is 2.20 bits per heavy atom. The maximum Gasteiger partial charge on any atom is 0.308 e. The van der Waals surface area contributed by atoms with E-state index in [9.17, 15) is 9.90 Å². The van der Waals surface area contributed by atoms with Crippen molar-refractivity contribution in [3.63, 3.8) is 0 Å². The number of carboxylic acid groups (broad SMARTS) is 1. The molecule has 2 aromatic heterocycles. The minimum absolute atomic E-state index is 0.0459. The molecule has 0 spiro atoms. The van der Waals surface area contributed by atoms with Crippen LogP contribution in [0.5, 0.6) is 0 Å². The van der Waals surface area contributed by atoms with Crippen molar-refractivity contribution < 1.29 is 9.90 Å². The first-order valence-electron chi connectivity index (χ1n) is 6.95. The second-order valence-electron chi connectivity index (χ2n) is 5.43. The maximum absolute atomic E-state index is 11.4. The number of nitrogens with zero attached hydrogens (tertiary/aromatic N) is 3. The molecular weight excluding hydrogens is 256 g/mol. The van der Waals surface area contributed by atoms with Crippen LogP contribution < -0.4 is 5.32 Å². The Morgan fingerprint density at radius 3 is 3.00 bits per heavy atom. The molecule has 1 aliphatic carbocycles. The van der Waals surface area contributed by atoms with Gasteiger partial charge in [-0.15, -0.1) is 0 Å². The van der Waals surface area contributed by atoms with Gasteiger partial charge in [-0.2, -0.15) is 9.61 Å². The third-order valence-electron chi connectivity index (χ3n) is 3.94. The highest BCUT2D eigenvalue weighted by Gasteiger charge is 2.31. The molecule has 106 valence electrons. The molecule has 1 fully saturated rings. The Morgan fingerprint density at radius 1 is 1.40 bits per heavy atom. The van der Waals surface area contributed by atoms with Crippen molar-refractivity contribution in [2.45, 2.75) is 38.6 Å². The molecule has 3 rings (SSSR count). The summed E-state index contributed by atoms with van der Waals surface area (Å²) in [6.07, 6.45) is 5.17. The Kier molecular flexibility index (Phi) is 3.30. The molecule has 0 aromatic carbocycles. The van der Waals surface area contributed by atoms with E-state index >= 15 is 0 Å². The van der Waals surface area contributed by atoms with E-state index in [1.54, 1.807) is 4.52 Å². The van der Waals surface area contributed by atoms with Gasteiger partial charge in [-0.05, 0) is 37.5 Å². The predicted molar refractivity (Wildman–Crippen MR) is 74.7 cm³/mol. The van der Waals surface area contributed by atoms with Gasteiger partial charge in [-0.1, -0.05) is 12.8 Å². The van der Waals surface area contributed by atoms with Crippen LogP contribution in [0, 0.1) is 12.8 Å². The highest BCUT2D eigenvalue weighted by molar-refractivity contribution is 5.71. The first-order valence-corrected chi connectivity index (χ1v) is 6.95. The number of anilines is 1. The molecule has 0 saturated heterocycles. The van der Waals surface area contributed by atoms with E-state index in [4.69, 9.17) is 0 Å². The largest absolute Gasteiger partial charge is 0.481 e. The number of nitrogens with one attached hydrogen (secondary N) is 1. The third-order valence-corrected chi connectivity index (χ3v) is 3.94. The Bertz CT molecular complexity index is 637. The number of aliphatic carboxylic acids is 1. The zero-order chi connectivity index (χ0) is 14.1. The fourth-order valence-electron chi connectivity index (χ4n) is 2.95. The van der Waals surface area contributed by atoms with Gasteiger partial charge in [0.25, 0.3) is 0 Å². The van der Waals surface area contributed by atoms with Crippen LogP contribution in [0.4, 0.5) is 5.82 Å². The van der Waals surface area contributed by atoms with E-state index in [1.165, 1.54) is 6.33 Å². The number of pyridine rings is 1. The molecule has 0 radical (unpaired) electrons. The average molecular weight is 274 g/mol. The molecule has 2 unspecified atom stereocenters. The van der Waals surface area contributed by atoms with Gasteiger partial charge in [-0.25, -0.2) is 4.98 Å². The first-order chi connectivity index (χ1) is 9.65. The van der Waals surface area contributed by atoms with Crippen molar-refractivity contribution in [1.82, 2.24) is 14.6 Å². The second kappa shape index (κ2) is 5.11. The summed E-state index contributed by atoms with van der Waals surface area (Å²) in [5.41, 5.74) is 1.85. The lowest BCUT2D eigenvalue weighted by molar-refractivity contribution is -0.143. The van der Waals surface area contributed by atoms with Crippen molar-refractivity contribution in [3.05, 3.63) is 24.0 Å². The van der Waals surface area contributed by atoms with E-state index < -0.39 is 5.97 Å². The lowest BCUT2D eigenvalue weighted by Gasteiger charge is -2.30. The summed E-state index contributed by atoms with van der Waals surface area (Å²) in [6.45, 7) is 2.00. The van der Waals surface area contributed by atoms with Gasteiger partial charge in [0.1, 0.15) is 12.1 Å². The van der Waals surface area contributed by atoms with Crippen LogP contribution >= 0.6 is 0 Å². The molecule has 6 heteroatoms. The van der Waals surface area contributed by atoms with Crippen LogP contribution in [0.2, 0.25) is 0 Å². The van der Waals surface area contributed by atoms with E-state index in [0.29, 0.717) is 0 Å². The average Bonchev–Trinajstić information content (AvgIpc) is 2.87.